The second-order valence-electron chi connectivity index (χ2n) is 3.52. The van der Waals surface area contributed by atoms with Gasteiger partial charge in [0.1, 0.15) is 11.4 Å². The molecular formula is C12H12ClN3O. The maximum Gasteiger partial charge on any atom is 0.242 e. The predicted molar refractivity (Wildman–Crippen MR) is 66.2 cm³/mol. The van der Waals surface area contributed by atoms with E-state index in [1.807, 2.05) is 13.0 Å². The summed E-state index contributed by atoms with van der Waals surface area (Å²) in [5.41, 5.74) is 7.13. The van der Waals surface area contributed by atoms with E-state index < -0.39 is 0 Å². The van der Waals surface area contributed by atoms with Crippen LogP contribution in [0.15, 0.2) is 30.6 Å². The Morgan fingerprint density at radius 2 is 2.06 bits per heavy atom. The van der Waals surface area contributed by atoms with Crippen molar-refractivity contribution < 1.29 is 4.74 Å². The van der Waals surface area contributed by atoms with Crippen LogP contribution >= 0.6 is 11.6 Å². The minimum atomic E-state index is 0.288. The summed E-state index contributed by atoms with van der Waals surface area (Å²) in [7, 11) is 0. The first-order valence-corrected chi connectivity index (χ1v) is 5.52. The van der Waals surface area contributed by atoms with Crippen molar-refractivity contribution in [3.05, 3.63) is 46.9 Å². The molecule has 2 rings (SSSR count). The summed E-state index contributed by atoms with van der Waals surface area (Å²) in [4.78, 5) is 8.21. The van der Waals surface area contributed by atoms with Crippen LogP contribution in [-0.4, -0.2) is 9.97 Å². The van der Waals surface area contributed by atoms with Gasteiger partial charge >= 0.3 is 0 Å². The first kappa shape index (κ1) is 11.8. The fraction of sp³-hybridized carbons (Fsp3) is 0.167. The van der Waals surface area contributed by atoms with E-state index in [2.05, 4.69) is 9.97 Å². The summed E-state index contributed by atoms with van der Waals surface area (Å²) >= 11 is 5.87. The Bertz CT molecular complexity index is 531. The Morgan fingerprint density at radius 1 is 1.29 bits per heavy atom. The molecule has 0 aliphatic rings. The molecule has 0 fully saturated rings. The quantitative estimate of drug-likeness (QED) is 0.909. The van der Waals surface area contributed by atoms with Crippen LogP contribution in [0.5, 0.6) is 11.6 Å². The predicted octanol–water partition coefficient (Wildman–Crippen LogP) is 2.69. The van der Waals surface area contributed by atoms with Gasteiger partial charge in [-0.3, -0.25) is 4.98 Å². The number of nitrogens with two attached hydrogens (primary N) is 1. The number of hydrogen-bond donors (Lipinski definition) is 1. The molecule has 1 heterocycles. The van der Waals surface area contributed by atoms with Crippen LogP contribution in [0, 0.1) is 6.92 Å². The standard InChI is InChI=1S/C12H12ClN3O/c1-8-6-9(13)2-3-11(8)17-12-10(7-14)15-4-5-16-12/h2-6H,7,14H2,1H3. The third-order valence-electron chi connectivity index (χ3n) is 2.27. The zero-order valence-corrected chi connectivity index (χ0v) is 10.1. The lowest BCUT2D eigenvalue weighted by atomic mass is 10.2. The molecule has 0 atom stereocenters. The molecule has 0 unspecified atom stereocenters. The van der Waals surface area contributed by atoms with E-state index in [4.69, 9.17) is 22.1 Å². The lowest BCUT2D eigenvalue weighted by Crippen LogP contribution is -2.03. The van der Waals surface area contributed by atoms with Gasteiger partial charge in [0.25, 0.3) is 0 Å². The number of benzene rings is 1. The molecule has 1 aromatic heterocycles. The lowest BCUT2D eigenvalue weighted by molar-refractivity contribution is 0.449. The number of aromatic nitrogens is 2. The van der Waals surface area contributed by atoms with E-state index >= 15 is 0 Å². The van der Waals surface area contributed by atoms with Crippen molar-refractivity contribution in [3.8, 4) is 11.6 Å². The Hall–Kier alpha value is -1.65. The second kappa shape index (κ2) is 5.12. The Balaban J connectivity index is 2.31. The van der Waals surface area contributed by atoms with Gasteiger partial charge in [-0.1, -0.05) is 11.6 Å². The summed E-state index contributed by atoms with van der Waals surface area (Å²) in [6.07, 6.45) is 3.16. The highest BCUT2D eigenvalue weighted by Gasteiger charge is 2.08. The topological polar surface area (TPSA) is 61.0 Å². The van der Waals surface area contributed by atoms with E-state index in [0.29, 0.717) is 22.3 Å². The third kappa shape index (κ3) is 2.72. The molecule has 1 aromatic carbocycles. The summed E-state index contributed by atoms with van der Waals surface area (Å²) in [6.45, 7) is 2.20. The van der Waals surface area contributed by atoms with Crippen LogP contribution in [0.2, 0.25) is 5.02 Å². The van der Waals surface area contributed by atoms with Crippen molar-refractivity contribution in [3.63, 3.8) is 0 Å². The minimum absolute atomic E-state index is 0.288. The Morgan fingerprint density at radius 3 is 2.76 bits per heavy atom. The van der Waals surface area contributed by atoms with Crippen molar-refractivity contribution >= 4 is 11.6 Å². The Kier molecular flexibility index (Phi) is 3.56. The minimum Gasteiger partial charge on any atom is -0.437 e. The second-order valence-corrected chi connectivity index (χ2v) is 3.96. The molecular weight excluding hydrogens is 238 g/mol. The van der Waals surface area contributed by atoms with E-state index in [0.717, 1.165) is 5.56 Å². The molecule has 0 amide bonds. The van der Waals surface area contributed by atoms with Gasteiger partial charge in [-0.05, 0) is 30.7 Å². The van der Waals surface area contributed by atoms with Gasteiger partial charge in [0, 0.05) is 24.0 Å². The van der Waals surface area contributed by atoms with Crippen LogP contribution in [-0.2, 0) is 6.54 Å². The fourth-order valence-electron chi connectivity index (χ4n) is 1.41. The number of hydrogen-bond acceptors (Lipinski definition) is 4. The number of ether oxygens (including phenoxy) is 1. The summed E-state index contributed by atoms with van der Waals surface area (Å²) in [5, 5.41) is 0.674. The smallest absolute Gasteiger partial charge is 0.242 e. The number of nitrogens with zero attached hydrogens (tertiary/aromatic N) is 2. The zero-order chi connectivity index (χ0) is 12.3. The van der Waals surface area contributed by atoms with E-state index in [1.165, 1.54) is 0 Å². The largest absolute Gasteiger partial charge is 0.437 e. The van der Waals surface area contributed by atoms with Crippen molar-refractivity contribution in [2.24, 2.45) is 5.73 Å². The van der Waals surface area contributed by atoms with Crippen LogP contribution in [0.4, 0.5) is 0 Å². The van der Waals surface area contributed by atoms with Gasteiger partial charge in [-0.25, -0.2) is 4.98 Å². The molecule has 0 saturated heterocycles. The third-order valence-corrected chi connectivity index (χ3v) is 2.51. The molecule has 0 aliphatic heterocycles. The monoisotopic (exact) mass is 249 g/mol. The maximum atomic E-state index is 5.87. The van der Waals surface area contributed by atoms with Crippen molar-refractivity contribution in [1.82, 2.24) is 9.97 Å². The highest BCUT2D eigenvalue weighted by molar-refractivity contribution is 6.30. The van der Waals surface area contributed by atoms with Crippen molar-refractivity contribution in [1.29, 1.82) is 0 Å². The highest BCUT2D eigenvalue weighted by atomic mass is 35.5. The van der Waals surface area contributed by atoms with Crippen molar-refractivity contribution in [2.45, 2.75) is 13.5 Å². The first-order chi connectivity index (χ1) is 8.20. The number of rotatable bonds is 3. The van der Waals surface area contributed by atoms with E-state index in [-0.39, 0.29) is 6.54 Å². The van der Waals surface area contributed by atoms with E-state index in [9.17, 15) is 0 Å². The molecule has 4 nitrogen and oxygen atoms in total. The fourth-order valence-corrected chi connectivity index (χ4v) is 1.64. The zero-order valence-electron chi connectivity index (χ0n) is 9.35. The SMILES string of the molecule is Cc1cc(Cl)ccc1Oc1nccnc1CN. The molecule has 2 N–H and O–H groups in total. The molecule has 2 aromatic rings. The average molecular weight is 250 g/mol. The van der Waals surface area contributed by atoms with Crippen LogP contribution < -0.4 is 10.5 Å². The molecule has 5 heteroatoms. The lowest BCUT2D eigenvalue weighted by Gasteiger charge is -2.09. The van der Waals surface area contributed by atoms with E-state index in [1.54, 1.807) is 24.5 Å². The number of halogens is 1. The summed E-state index contributed by atoms with van der Waals surface area (Å²) < 4.78 is 5.67. The van der Waals surface area contributed by atoms with Gasteiger partial charge in [0.2, 0.25) is 5.88 Å². The normalized spacial score (nSPS) is 10.3. The summed E-state index contributed by atoms with van der Waals surface area (Å²) in [6, 6.07) is 5.39. The van der Waals surface area contributed by atoms with Crippen LogP contribution in [0.25, 0.3) is 0 Å². The van der Waals surface area contributed by atoms with Crippen LogP contribution in [0.1, 0.15) is 11.3 Å². The molecule has 0 aliphatic carbocycles. The molecule has 88 valence electrons. The molecule has 0 radical (unpaired) electrons. The molecule has 0 saturated carbocycles. The molecule has 0 bridgehead atoms. The van der Waals surface area contributed by atoms with Gasteiger partial charge in [-0.15, -0.1) is 0 Å². The van der Waals surface area contributed by atoms with Gasteiger partial charge < -0.3 is 10.5 Å². The summed E-state index contributed by atoms with van der Waals surface area (Å²) in [5.74, 6) is 1.13. The Labute approximate surface area is 104 Å². The van der Waals surface area contributed by atoms with Gasteiger partial charge in [-0.2, -0.15) is 0 Å². The first-order valence-electron chi connectivity index (χ1n) is 5.14. The average Bonchev–Trinajstić information content (AvgIpc) is 2.33. The maximum absolute atomic E-state index is 5.87. The highest BCUT2D eigenvalue weighted by Crippen LogP contribution is 2.27. The van der Waals surface area contributed by atoms with Gasteiger partial charge in [0.15, 0.2) is 0 Å². The van der Waals surface area contributed by atoms with Crippen molar-refractivity contribution in [2.75, 3.05) is 0 Å². The van der Waals surface area contributed by atoms with Gasteiger partial charge in [0.05, 0.1) is 0 Å². The molecule has 17 heavy (non-hydrogen) atoms. The number of aryl methyl sites for hydroxylation is 1. The molecule has 0 spiro atoms. The van der Waals surface area contributed by atoms with Crippen LogP contribution in [0.3, 0.4) is 0 Å².